The lowest BCUT2D eigenvalue weighted by atomic mass is 9.96. The summed E-state index contributed by atoms with van der Waals surface area (Å²) in [5, 5.41) is 30.8. The molecule has 1 fully saturated rings. The van der Waals surface area contributed by atoms with Crippen LogP contribution in [-0.2, 0) is 14.3 Å². The van der Waals surface area contributed by atoms with Crippen molar-refractivity contribution in [3.63, 3.8) is 0 Å². The summed E-state index contributed by atoms with van der Waals surface area (Å²) in [5.74, 6) is -0.380. The Hall–Kier alpha value is -0.730. The molecule has 1 aliphatic rings. The summed E-state index contributed by atoms with van der Waals surface area (Å²) in [5.41, 5.74) is 0. The molecule has 0 aromatic carbocycles. The standard InChI is InChI=1S/C9H17NO6/c1-4(12)10-6-5(3-11)16-9(15-2)8(14)7(6)13/h5-9,11,13-14H,3H2,1-2H3,(H,10,12)/t5-,6-,7+,8-,9+/m1/s1. The van der Waals surface area contributed by atoms with E-state index >= 15 is 0 Å². The van der Waals surface area contributed by atoms with Crippen molar-refractivity contribution in [3.05, 3.63) is 0 Å². The van der Waals surface area contributed by atoms with Crippen LogP contribution in [0.1, 0.15) is 6.92 Å². The second-order valence-corrected chi connectivity index (χ2v) is 3.67. The number of carbonyl (C=O) groups excluding carboxylic acids is 1. The zero-order chi connectivity index (χ0) is 12.3. The van der Waals surface area contributed by atoms with Gasteiger partial charge in [-0.25, -0.2) is 0 Å². The molecule has 5 atom stereocenters. The van der Waals surface area contributed by atoms with Crippen molar-refractivity contribution in [3.8, 4) is 0 Å². The van der Waals surface area contributed by atoms with Crippen molar-refractivity contribution in [2.75, 3.05) is 13.7 Å². The molecule has 16 heavy (non-hydrogen) atoms. The van der Waals surface area contributed by atoms with Crippen LogP contribution in [-0.4, -0.2) is 65.6 Å². The summed E-state index contributed by atoms with van der Waals surface area (Å²) in [7, 11) is 1.31. The van der Waals surface area contributed by atoms with Gasteiger partial charge >= 0.3 is 0 Å². The molecule has 0 spiro atoms. The molecule has 4 N–H and O–H groups in total. The monoisotopic (exact) mass is 235 g/mol. The van der Waals surface area contributed by atoms with Crippen LogP contribution >= 0.6 is 0 Å². The lowest BCUT2D eigenvalue weighted by Crippen LogP contribution is -2.64. The van der Waals surface area contributed by atoms with E-state index in [9.17, 15) is 15.0 Å². The Morgan fingerprint density at radius 1 is 1.44 bits per heavy atom. The normalized spacial score (nSPS) is 39.4. The molecule has 0 aromatic heterocycles. The SMILES string of the molecule is CO[C@H]1O[C@H](CO)[C@@H](NC(C)=O)[C@H](O)[C@H]1O. The lowest BCUT2D eigenvalue weighted by Gasteiger charge is -2.41. The van der Waals surface area contributed by atoms with Crippen molar-refractivity contribution >= 4 is 5.91 Å². The van der Waals surface area contributed by atoms with Crippen molar-refractivity contribution in [1.29, 1.82) is 0 Å². The molecule has 0 aromatic rings. The van der Waals surface area contributed by atoms with Gasteiger partial charge in [0.1, 0.15) is 18.3 Å². The van der Waals surface area contributed by atoms with Crippen LogP contribution in [0.3, 0.4) is 0 Å². The van der Waals surface area contributed by atoms with E-state index in [-0.39, 0.29) is 5.91 Å². The van der Waals surface area contributed by atoms with Crippen LogP contribution in [0, 0.1) is 0 Å². The highest BCUT2D eigenvalue weighted by Crippen LogP contribution is 2.21. The molecule has 1 rings (SSSR count). The zero-order valence-electron chi connectivity index (χ0n) is 9.16. The highest BCUT2D eigenvalue weighted by molar-refractivity contribution is 5.73. The van der Waals surface area contributed by atoms with Crippen molar-refractivity contribution in [1.82, 2.24) is 5.32 Å². The Morgan fingerprint density at radius 3 is 2.50 bits per heavy atom. The Bertz CT molecular complexity index is 246. The molecule has 1 amide bonds. The van der Waals surface area contributed by atoms with Gasteiger partial charge in [-0.15, -0.1) is 0 Å². The summed E-state index contributed by atoms with van der Waals surface area (Å²) >= 11 is 0. The van der Waals surface area contributed by atoms with E-state index in [4.69, 9.17) is 14.6 Å². The third-order valence-corrected chi connectivity index (χ3v) is 2.49. The quantitative estimate of drug-likeness (QED) is 0.433. The highest BCUT2D eigenvalue weighted by Gasteiger charge is 2.44. The fourth-order valence-corrected chi connectivity index (χ4v) is 1.70. The first-order valence-electron chi connectivity index (χ1n) is 4.93. The number of ether oxygens (including phenoxy) is 2. The number of hydrogen-bond donors (Lipinski definition) is 4. The summed E-state index contributed by atoms with van der Waals surface area (Å²) in [6.07, 6.45) is -4.35. The number of carbonyl (C=O) groups is 1. The molecule has 0 radical (unpaired) electrons. The third kappa shape index (κ3) is 2.69. The maximum atomic E-state index is 10.9. The molecule has 7 nitrogen and oxygen atoms in total. The number of amides is 1. The molecule has 1 heterocycles. The summed E-state index contributed by atoms with van der Waals surface area (Å²) < 4.78 is 9.99. The second-order valence-electron chi connectivity index (χ2n) is 3.67. The number of nitrogens with one attached hydrogen (secondary N) is 1. The molecule has 0 aliphatic carbocycles. The van der Waals surface area contributed by atoms with E-state index in [1.165, 1.54) is 14.0 Å². The second kappa shape index (κ2) is 5.55. The Morgan fingerprint density at radius 2 is 2.06 bits per heavy atom. The molecular weight excluding hydrogens is 218 g/mol. The van der Waals surface area contributed by atoms with Gasteiger partial charge in [-0.2, -0.15) is 0 Å². The van der Waals surface area contributed by atoms with E-state index in [0.29, 0.717) is 0 Å². The predicted octanol–water partition coefficient (Wildman–Crippen LogP) is -2.42. The minimum Gasteiger partial charge on any atom is -0.394 e. The fraction of sp³-hybridized carbons (Fsp3) is 0.889. The van der Waals surface area contributed by atoms with Crippen molar-refractivity contribution in [2.24, 2.45) is 0 Å². The minimum atomic E-state index is -1.27. The van der Waals surface area contributed by atoms with Gasteiger partial charge in [0, 0.05) is 14.0 Å². The van der Waals surface area contributed by atoms with Crippen LogP contribution in [0.15, 0.2) is 0 Å². The molecule has 0 bridgehead atoms. The van der Waals surface area contributed by atoms with Crippen LogP contribution in [0.5, 0.6) is 0 Å². The number of rotatable bonds is 3. The fourth-order valence-electron chi connectivity index (χ4n) is 1.70. The maximum absolute atomic E-state index is 10.9. The van der Waals surface area contributed by atoms with E-state index in [1.54, 1.807) is 0 Å². The first kappa shape index (κ1) is 13.3. The average molecular weight is 235 g/mol. The summed E-state index contributed by atoms with van der Waals surface area (Å²) in [4.78, 5) is 10.9. The van der Waals surface area contributed by atoms with Gasteiger partial charge in [-0.05, 0) is 0 Å². The lowest BCUT2D eigenvalue weighted by molar-refractivity contribution is -0.271. The van der Waals surface area contributed by atoms with Crippen molar-refractivity contribution in [2.45, 2.75) is 37.6 Å². The molecular formula is C9H17NO6. The predicted molar refractivity (Wildman–Crippen MR) is 52.4 cm³/mol. The van der Waals surface area contributed by atoms with Crippen LogP contribution in [0.4, 0.5) is 0 Å². The number of aliphatic hydroxyl groups excluding tert-OH is 3. The van der Waals surface area contributed by atoms with Gasteiger partial charge in [-0.3, -0.25) is 4.79 Å². The summed E-state index contributed by atoms with van der Waals surface area (Å²) in [6, 6.07) is -0.858. The van der Waals surface area contributed by atoms with E-state index < -0.39 is 37.3 Å². The van der Waals surface area contributed by atoms with Gasteiger partial charge in [0.15, 0.2) is 6.29 Å². The van der Waals surface area contributed by atoms with E-state index in [0.717, 1.165) is 0 Å². The van der Waals surface area contributed by atoms with Gasteiger partial charge in [0.05, 0.1) is 12.6 Å². The number of hydrogen-bond acceptors (Lipinski definition) is 6. The Balaban J connectivity index is 2.77. The number of aliphatic hydroxyl groups is 3. The van der Waals surface area contributed by atoms with Crippen LogP contribution < -0.4 is 5.32 Å². The Kier molecular flexibility index (Phi) is 4.63. The van der Waals surface area contributed by atoms with Crippen LogP contribution in [0.25, 0.3) is 0 Å². The molecule has 94 valence electrons. The molecule has 7 heteroatoms. The molecule has 0 saturated carbocycles. The first-order chi connectivity index (χ1) is 7.51. The smallest absolute Gasteiger partial charge is 0.217 e. The van der Waals surface area contributed by atoms with Gasteiger partial charge < -0.3 is 30.1 Å². The average Bonchev–Trinajstić information content (AvgIpc) is 2.25. The van der Waals surface area contributed by atoms with Gasteiger partial charge in [0.25, 0.3) is 0 Å². The maximum Gasteiger partial charge on any atom is 0.217 e. The molecule has 1 aliphatic heterocycles. The summed E-state index contributed by atoms with van der Waals surface area (Å²) in [6.45, 7) is 0.879. The molecule has 1 saturated heterocycles. The third-order valence-electron chi connectivity index (χ3n) is 2.49. The van der Waals surface area contributed by atoms with Crippen LogP contribution in [0.2, 0.25) is 0 Å². The van der Waals surface area contributed by atoms with E-state index in [2.05, 4.69) is 5.32 Å². The largest absolute Gasteiger partial charge is 0.394 e. The van der Waals surface area contributed by atoms with Gasteiger partial charge in [-0.1, -0.05) is 0 Å². The van der Waals surface area contributed by atoms with Gasteiger partial charge in [0.2, 0.25) is 5.91 Å². The number of methoxy groups -OCH3 is 1. The first-order valence-corrected chi connectivity index (χ1v) is 4.93. The highest BCUT2D eigenvalue weighted by atomic mass is 16.7. The Labute approximate surface area is 93.0 Å². The van der Waals surface area contributed by atoms with Crippen molar-refractivity contribution < 1.29 is 29.6 Å². The van der Waals surface area contributed by atoms with E-state index in [1.807, 2.05) is 0 Å². The zero-order valence-corrected chi connectivity index (χ0v) is 9.16. The minimum absolute atomic E-state index is 0.380. The topological polar surface area (TPSA) is 108 Å². The molecule has 0 unspecified atom stereocenters.